The van der Waals surface area contributed by atoms with Crippen molar-refractivity contribution in [2.45, 2.75) is 52.1 Å². The predicted octanol–water partition coefficient (Wildman–Crippen LogP) is 5.02. The van der Waals surface area contributed by atoms with Gasteiger partial charge in [0.25, 0.3) is 0 Å². The first-order valence-electron chi connectivity index (χ1n) is 10.7. The first-order chi connectivity index (χ1) is 14.9. The van der Waals surface area contributed by atoms with Crippen LogP contribution in [0.3, 0.4) is 0 Å². The molecule has 1 aliphatic rings. The zero-order valence-electron chi connectivity index (χ0n) is 17.8. The molecule has 0 aliphatic heterocycles. The van der Waals surface area contributed by atoms with Crippen LogP contribution in [0.1, 0.15) is 45.1 Å². The number of benzene rings is 2. The first kappa shape index (κ1) is 21.0. The van der Waals surface area contributed by atoms with Gasteiger partial charge in [-0.15, -0.1) is 0 Å². The van der Waals surface area contributed by atoms with E-state index in [0.29, 0.717) is 5.76 Å². The van der Waals surface area contributed by atoms with Crippen LogP contribution >= 0.6 is 0 Å². The Morgan fingerprint density at radius 1 is 1.16 bits per heavy atom. The van der Waals surface area contributed by atoms with Crippen LogP contribution in [-0.2, 0) is 11.2 Å². The number of phenols is 1. The van der Waals surface area contributed by atoms with E-state index in [1.165, 1.54) is 38.0 Å². The number of hydrogen-bond donors (Lipinski definition) is 1. The van der Waals surface area contributed by atoms with Crippen molar-refractivity contribution in [2.75, 3.05) is 6.61 Å². The first-order valence-corrected chi connectivity index (χ1v) is 10.7. The van der Waals surface area contributed by atoms with Gasteiger partial charge in [0, 0.05) is 23.8 Å². The van der Waals surface area contributed by atoms with E-state index >= 15 is 0 Å². The topological polar surface area (TPSA) is 86.0 Å². The molecule has 1 heterocycles. The predicted molar refractivity (Wildman–Crippen MR) is 118 cm³/mol. The molecule has 0 bridgehead atoms. The molecule has 1 N–H and O–H groups in total. The Morgan fingerprint density at radius 2 is 1.94 bits per heavy atom. The number of fused-ring (bicyclic) bond motifs is 1. The molecule has 0 radical (unpaired) electrons. The molecule has 1 aliphatic carbocycles. The number of ketones is 1. The second kappa shape index (κ2) is 8.84. The largest absolute Gasteiger partial charge is 0.507 e. The van der Waals surface area contributed by atoms with E-state index in [-0.39, 0.29) is 46.4 Å². The molecule has 6 heteroatoms. The molecule has 6 nitrogen and oxygen atoms in total. The van der Waals surface area contributed by atoms with E-state index in [2.05, 4.69) is 6.92 Å². The molecular weight excluding hydrogens is 396 g/mol. The van der Waals surface area contributed by atoms with Crippen LogP contribution < -0.4 is 14.9 Å². The van der Waals surface area contributed by atoms with Gasteiger partial charge >= 0.3 is 0 Å². The van der Waals surface area contributed by atoms with Crippen molar-refractivity contribution < 1.29 is 23.8 Å². The Kier molecular flexibility index (Phi) is 5.98. The number of ether oxygens (including phenoxy) is 2. The molecule has 1 fully saturated rings. The molecule has 1 aromatic heterocycles. The number of Topliss-reactive ketones (excluding diaryl/α,β-unsaturated/α-hetero) is 1. The van der Waals surface area contributed by atoms with Crippen LogP contribution in [0.5, 0.6) is 17.2 Å². The Labute approximate surface area is 180 Å². The maximum absolute atomic E-state index is 12.7. The van der Waals surface area contributed by atoms with Crippen molar-refractivity contribution in [1.82, 2.24) is 0 Å². The summed E-state index contributed by atoms with van der Waals surface area (Å²) in [4.78, 5) is 23.9. The molecule has 3 aromatic rings. The minimum absolute atomic E-state index is 0.0755. The number of rotatable bonds is 7. The van der Waals surface area contributed by atoms with Crippen molar-refractivity contribution in [1.29, 1.82) is 0 Å². The third-order valence-corrected chi connectivity index (χ3v) is 5.55. The number of carbonyl (C=O) groups is 1. The number of phenolic OH excluding ortho intramolecular Hbond substituents is 1. The molecule has 1 saturated carbocycles. The lowest BCUT2D eigenvalue weighted by Crippen LogP contribution is -2.12. The average Bonchev–Trinajstić information content (AvgIpc) is 3.24. The molecule has 0 amide bonds. The van der Waals surface area contributed by atoms with Crippen LogP contribution in [0.25, 0.3) is 22.3 Å². The summed E-state index contributed by atoms with van der Waals surface area (Å²) in [5.74, 6) is 1.05. The summed E-state index contributed by atoms with van der Waals surface area (Å²) < 4.78 is 17.6. The summed E-state index contributed by atoms with van der Waals surface area (Å²) in [6, 6.07) is 10.0. The highest BCUT2D eigenvalue weighted by Gasteiger charge is 2.19. The van der Waals surface area contributed by atoms with Gasteiger partial charge in [-0.1, -0.05) is 19.1 Å². The quantitative estimate of drug-likeness (QED) is 0.576. The van der Waals surface area contributed by atoms with Crippen molar-refractivity contribution in [3.63, 3.8) is 0 Å². The van der Waals surface area contributed by atoms with Gasteiger partial charge in [-0.2, -0.15) is 0 Å². The number of aryl methyl sites for hydroxylation is 1. The summed E-state index contributed by atoms with van der Waals surface area (Å²) >= 11 is 0. The van der Waals surface area contributed by atoms with Crippen molar-refractivity contribution in [2.24, 2.45) is 0 Å². The molecule has 0 atom stereocenters. The van der Waals surface area contributed by atoms with Gasteiger partial charge in [-0.3, -0.25) is 9.59 Å². The Hall–Kier alpha value is -3.28. The van der Waals surface area contributed by atoms with Crippen LogP contribution in [-0.4, -0.2) is 23.6 Å². The number of aromatic hydroxyl groups is 1. The Bertz CT molecular complexity index is 1170. The van der Waals surface area contributed by atoms with Crippen molar-refractivity contribution >= 4 is 16.8 Å². The fraction of sp³-hybridized carbons (Fsp3) is 0.360. The number of hydrogen-bond acceptors (Lipinski definition) is 6. The summed E-state index contributed by atoms with van der Waals surface area (Å²) in [5, 5.41) is 10.4. The highest BCUT2D eigenvalue weighted by atomic mass is 16.5. The molecule has 4 rings (SSSR count). The normalized spacial score (nSPS) is 14.1. The third kappa shape index (κ3) is 4.58. The maximum atomic E-state index is 12.7. The lowest BCUT2D eigenvalue weighted by atomic mass is 10.1. The van der Waals surface area contributed by atoms with E-state index in [1.807, 2.05) is 18.2 Å². The van der Waals surface area contributed by atoms with E-state index in [0.717, 1.165) is 36.1 Å². The fourth-order valence-electron chi connectivity index (χ4n) is 3.95. The molecule has 2 aromatic carbocycles. The minimum Gasteiger partial charge on any atom is -0.507 e. The van der Waals surface area contributed by atoms with Gasteiger partial charge in [-0.05, 0) is 50.7 Å². The lowest BCUT2D eigenvalue weighted by molar-refractivity contribution is -0.118. The van der Waals surface area contributed by atoms with Gasteiger partial charge in [0.15, 0.2) is 11.2 Å². The van der Waals surface area contributed by atoms with Crippen LogP contribution in [0.4, 0.5) is 0 Å². The highest BCUT2D eigenvalue weighted by molar-refractivity contribution is 5.86. The molecule has 31 heavy (non-hydrogen) atoms. The van der Waals surface area contributed by atoms with E-state index in [1.54, 1.807) is 0 Å². The zero-order valence-corrected chi connectivity index (χ0v) is 17.8. The smallest absolute Gasteiger partial charge is 0.197 e. The van der Waals surface area contributed by atoms with Crippen LogP contribution in [0, 0.1) is 0 Å². The van der Waals surface area contributed by atoms with E-state index < -0.39 is 0 Å². The van der Waals surface area contributed by atoms with Crippen molar-refractivity contribution in [3.05, 3.63) is 52.2 Å². The number of carbonyl (C=O) groups excluding carboxylic acids is 1. The van der Waals surface area contributed by atoms with E-state index in [4.69, 9.17) is 13.9 Å². The standard InChI is InChI=1S/C25H26O6/c1-3-16-8-9-17(10-22(16)30-18-6-4-5-7-18)23-13-21(28)25-20(27)11-19(12-24(25)31-23)29-14-15(2)26/h8-13,18,27H,3-7,14H2,1-2H3. The monoisotopic (exact) mass is 422 g/mol. The highest BCUT2D eigenvalue weighted by Crippen LogP contribution is 2.34. The van der Waals surface area contributed by atoms with Crippen molar-refractivity contribution in [3.8, 4) is 28.6 Å². The lowest BCUT2D eigenvalue weighted by Gasteiger charge is -2.17. The third-order valence-electron chi connectivity index (χ3n) is 5.55. The van der Waals surface area contributed by atoms with E-state index in [9.17, 15) is 14.7 Å². The molecular formula is C25H26O6. The van der Waals surface area contributed by atoms with Gasteiger partial charge in [0.05, 0.1) is 6.10 Å². The minimum atomic E-state index is -0.357. The summed E-state index contributed by atoms with van der Waals surface area (Å²) in [6.07, 6.45) is 5.55. The molecule has 0 unspecified atom stereocenters. The van der Waals surface area contributed by atoms with Gasteiger partial charge in [0.2, 0.25) is 0 Å². The molecule has 0 saturated heterocycles. The second-order valence-electron chi connectivity index (χ2n) is 7.98. The molecule has 162 valence electrons. The average molecular weight is 422 g/mol. The fourth-order valence-corrected chi connectivity index (χ4v) is 3.95. The summed E-state index contributed by atoms with van der Waals surface area (Å²) in [7, 11) is 0. The van der Waals surface area contributed by atoms with Gasteiger partial charge in [0.1, 0.15) is 40.6 Å². The van der Waals surface area contributed by atoms with Crippen LogP contribution in [0.2, 0.25) is 0 Å². The maximum Gasteiger partial charge on any atom is 0.197 e. The van der Waals surface area contributed by atoms with Gasteiger partial charge in [-0.25, -0.2) is 0 Å². The Balaban J connectivity index is 1.74. The van der Waals surface area contributed by atoms with Gasteiger partial charge < -0.3 is 19.0 Å². The molecule has 0 spiro atoms. The van der Waals surface area contributed by atoms with Crippen LogP contribution in [0.15, 0.2) is 45.6 Å². The SMILES string of the molecule is CCc1ccc(-c2cc(=O)c3c(O)cc(OCC(C)=O)cc3o2)cc1OC1CCCC1. The summed E-state index contributed by atoms with van der Waals surface area (Å²) in [5.41, 5.74) is 1.67. The Morgan fingerprint density at radius 3 is 2.65 bits per heavy atom. The summed E-state index contributed by atoms with van der Waals surface area (Å²) in [6.45, 7) is 3.36. The second-order valence-corrected chi connectivity index (χ2v) is 7.98. The zero-order chi connectivity index (χ0) is 22.0.